The van der Waals surface area contributed by atoms with Gasteiger partial charge in [0.1, 0.15) is 6.10 Å². The number of piperidine rings is 2. The van der Waals surface area contributed by atoms with Crippen molar-refractivity contribution in [2.75, 3.05) is 26.2 Å². The Morgan fingerprint density at radius 2 is 1.70 bits per heavy atom. The van der Waals surface area contributed by atoms with Crippen LogP contribution in [-0.4, -0.2) is 54.2 Å². The molecule has 2 rings (SSSR count). The molecule has 2 saturated heterocycles. The third-order valence-corrected chi connectivity index (χ3v) is 4.92. The first-order valence-electron chi connectivity index (χ1n) is 8.29. The molecule has 2 fully saturated rings. The third kappa shape index (κ3) is 4.11. The fourth-order valence-corrected chi connectivity index (χ4v) is 3.25. The highest BCUT2D eigenvalue weighted by Gasteiger charge is 2.27. The van der Waals surface area contributed by atoms with E-state index in [-0.39, 0.29) is 12.2 Å². The van der Waals surface area contributed by atoms with Crippen LogP contribution in [0.4, 0.5) is 4.79 Å². The summed E-state index contributed by atoms with van der Waals surface area (Å²) in [5.74, 6) is 0.799. The minimum absolute atomic E-state index is 0.0810. The number of carbonyl (C=O) groups is 1. The van der Waals surface area contributed by atoms with Crippen LogP contribution in [0.1, 0.15) is 52.9 Å². The lowest BCUT2D eigenvalue weighted by Gasteiger charge is -2.36. The predicted molar refractivity (Wildman–Crippen MR) is 80.8 cm³/mol. The molecule has 4 heteroatoms. The van der Waals surface area contributed by atoms with Crippen molar-refractivity contribution in [2.24, 2.45) is 5.92 Å². The fraction of sp³-hybridized carbons (Fsp3) is 0.938. The van der Waals surface area contributed by atoms with Crippen molar-refractivity contribution in [3.63, 3.8) is 0 Å². The van der Waals surface area contributed by atoms with E-state index in [1.807, 2.05) is 4.90 Å². The molecule has 1 amide bonds. The van der Waals surface area contributed by atoms with Gasteiger partial charge in [0.15, 0.2) is 0 Å². The van der Waals surface area contributed by atoms with Crippen molar-refractivity contribution in [3.05, 3.63) is 0 Å². The van der Waals surface area contributed by atoms with Crippen LogP contribution in [0, 0.1) is 5.92 Å². The Hall–Kier alpha value is -0.770. The van der Waals surface area contributed by atoms with Gasteiger partial charge in [-0.25, -0.2) is 4.79 Å². The van der Waals surface area contributed by atoms with Gasteiger partial charge in [0.25, 0.3) is 0 Å². The van der Waals surface area contributed by atoms with Gasteiger partial charge in [-0.2, -0.15) is 0 Å². The lowest BCUT2D eigenvalue weighted by molar-refractivity contribution is 0.0174. The number of carbonyl (C=O) groups excluding carboxylic acids is 1. The first kappa shape index (κ1) is 15.6. The molecule has 0 atom stereocenters. The summed E-state index contributed by atoms with van der Waals surface area (Å²) in [5.41, 5.74) is 0. The van der Waals surface area contributed by atoms with Crippen LogP contribution in [0.5, 0.6) is 0 Å². The van der Waals surface area contributed by atoms with Crippen molar-refractivity contribution in [1.82, 2.24) is 9.80 Å². The second-order valence-corrected chi connectivity index (χ2v) is 6.55. The topological polar surface area (TPSA) is 32.8 Å². The second-order valence-electron chi connectivity index (χ2n) is 6.55. The monoisotopic (exact) mass is 282 g/mol. The van der Waals surface area contributed by atoms with Crippen LogP contribution in [0.25, 0.3) is 0 Å². The minimum Gasteiger partial charge on any atom is -0.446 e. The lowest BCUT2D eigenvalue weighted by Crippen LogP contribution is -2.44. The molecule has 2 aliphatic rings. The molecule has 0 aromatic carbocycles. The first-order chi connectivity index (χ1) is 9.60. The number of ether oxygens (including phenoxy) is 1. The SMILES string of the molecule is CCC1CCN(C(=O)OC2CCN(C(C)C)CC2)CC1. The quantitative estimate of drug-likeness (QED) is 0.797. The van der Waals surface area contributed by atoms with E-state index in [1.54, 1.807) is 0 Å². The van der Waals surface area contributed by atoms with Gasteiger partial charge in [-0.15, -0.1) is 0 Å². The summed E-state index contributed by atoms with van der Waals surface area (Å²) >= 11 is 0. The second kappa shape index (κ2) is 7.30. The van der Waals surface area contributed by atoms with Crippen LogP contribution in [0.15, 0.2) is 0 Å². The average Bonchev–Trinajstić information content (AvgIpc) is 2.48. The zero-order valence-electron chi connectivity index (χ0n) is 13.3. The summed E-state index contributed by atoms with van der Waals surface area (Å²) in [6, 6.07) is 0.597. The molecule has 20 heavy (non-hydrogen) atoms. The van der Waals surface area contributed by atoms with Crippen molar-refractivity contribution in [1.29, 1.82) is 0 Å². The van der Waals surface area contributed by atoms with E-state index in [0.717, 1.165) is 57.8 Å². The molecule has 0 saturated carbocycles. The number of nitrogens with zero attached hydrogens (tertiary/aromatic N) is 2. The highest BCUT2D eigenvalue weighted by Crippen LogP contribution is 2.22. The van der Waals surface area contributed by atoms with Crippen LogP contribution >= 0.6 is 0 Å². The molecule has 116 valence electrons. The molecule has 2 heterocycles. The molecular weight excluding hydrogens is 252 g/mol. The Morgan fingerprint density at radius 1 is 1.10 bits per heavy atom. The zero-order chi connectivity index (χ0) is 14.5. The Balaban J connectivity index is 1.70. The number of hydrogen-bond donors (Lipinski definition) is 0. The number of likely N-dealkylation sites (tertiary alicyclic amines) is 2. The van der Waals surface area contributed by atoms with Crippen LogP contribution in [-0.2, 0) is 4.74 Å². The number of hydrogen-bond acceptors (Lipinski definition) is 3. The molecule has 0 aromatic heterocycles. The van der Waals surface area contributed by atoms with E-state index in [4.69, 9.17) is 4.74 Å². The van der Waals surface area contributed by atoms with Crippen molar-refractivity contribution < 1.29 is 9.53 Å². The van der Waals surface area contributed by atoms with Gasteiger partial charge < -0.3 is 14.5 Å². The van der Waals surface area contributed by atoms with E-state index >= 15 is 0 Å². The summed E-state index contributed by atoms with van der Waals surface area (Å²) in [7, 11) is 0. The molecule has 0 aliphatic carbocycles. The molecule has 0 bridgehead atoms. The smallest absolute Gasteiger partial charge is 0.410 e. The van der Waals surface area contributed by atoms with Crippen LogP contribution in [0.2, 0.25) is 0 Å². The zero-order valence-corrected chi connectivity index (χ0v) is 13.3. The van der Waals surface area contributed by atoms with E-state index in [1.165, 1.54) is 6.42 Å². The molecule has 2 aliphatic heterocycles. The predicted octanol–water partition coefficient (Wildman–Crippen LogP) is 3.12. The average molecular weight is 282 g/mol. The van der Waals surface area contributed by atoms with E-state index in [9.17, 15) is 4.79 Å². The molecule has 0 radical (unpaired) electrons. The maximum atomic E-state index is 12.2. The van der Waals surface area contributed by atoms with Gasteiger partial charge in [0.2, 0.25) is 0 Å². The van der Waals surface area contributed by atoms with Gasteiger partial charge >= 0.3 is 6.09 Å². The molecule has 0 N–H and O–H groups in total. The van der Waals surface area contributed by atoms with Crippen LogP contribution < -0.4 is 0 Å². The summed E-state index contributed by atoms with van der Waals surface area (Å²) in [5, 5.41) is 0. The molecule has 4 nitrogen and oxygen atoms in total. The maximum Gasteiger partial charge on any atom is 0.410 e. The molecule has 0 aromatic rings. The van der Waals surface area contributed by atoms with Gasteiger partial charge in [0.05, 0.1) is 0 Å². The normalized spacial score (nSPS) is 23.3. The van der Waals surface area contributed by atoms with Crippen molar-refractivity contribution in [2.45, 2.75) is 65.0 Å². The number of rotatable bonds is 3. The maximum absolute atomic E-state index is 12.2. The Labute approximate surface area is 123 Å². The molecule has 0 unspecified atom stereocenters. The summed E-state index contributed by atoms with van der Waals surface area (Å²) in [4.78, 5) is 16.5. The van der Waals surface area contributed by atoms with Crippen molar-refractivity contribution >= 4 is 6.09 Å². The summed E-state index contributed by atoms with van der Waals surface area (Å²) < 4.78 is 5.69. The third-order valence-electron chi connectivity index (χ3n) is 4.92. The van der Waals surface area contributed by atoms with Gasteiger partial charge in [-0.3, -0.25) is 0 Å². The number of amides is 1. The molecular formula is C16H30N2O2. The van der Waals surface area contributed by atoms with E-state index in [0.29, 0.717) is 6.04 Å². The summed E-state index contributed by atoms with van der Waals surface area (Å²) in [6.45, 7) is 10.5. The van der Waals surface area contributed by atoms with Crippen molar-refractivity contribution in [3.8, 4) is 0 Å². The Bertz CT molecular complexity index is 304. The van der Waals surface area contributed by atoms with Gasteiger partial charge in [-0.1, -0.05) is 13.3 Å². The Morgan fingerprint density at radius 3 is 2.20 bits per heavy atom. The fourth-order valence-electron chi connectivity index (χ4n) is 3.25. The van der Waals surface area contributed by atoms with Gasteiger partial charge in [-0.05, 0) is 45.4 Å². The highest BCUT2D eigenvalue weighted by molar-refractivity contribution is 5.67. The minimum atomic E-state index is -0.0810. The van der Waals surface area contributed by atoms with E-state index in [2.05, 4.69) is 25.7 Å². The highest BCUT2D eigenvalue weighted by atomic mass is 16.6. The van der Waals surface area contributed by atoms with E-state index < -0.39 is 0 Å². The summed E-state index contributed by atoms with van der Waals surface area (Å²) in [6.07, 6.45) is 5.51. The lowest BCUT2D eigenvalue weighted by atomic mass is 9.95. The largest absolute Gasteiger partial charge is 0.446 e. The molecule has 0 spiro atoms. The van der Waals surface area contributed by atoms with Crippen LogP contribution in [0.3, 0.4) is 0 Å². The standard InChI is InChI=1S/C16H30N2O2/c1-4-14-5-9-18(10-6-14)16(19)20-15-7-11-17(12-8-15)13(2)3/h13-15H,4-12H2,1-3H3. The van der Waals surface area contributed by atoms with Gasteiger partial charge in [0, 0.05) is 32.2 Å². The Kier molecular flexibility index (Phi) is 5.70. The first-order valence-corrected chi connectivity index (χ1v) is 8.29.